The van der Waals surface area contributed by atoms with E-state index >= 15 is 0 Å². The Morgan fingerprint density at radius 2 is 2.25 bits per heavy atom. The Morgan fingerprint density at radius 1 is 1.67 bits per heavy atom. The molecule has 2 saturated carbocycles. The molecule has 3 nitrogen and oxygen atoms in total. The summed E-state index contributed by atoms with van der Waals surface area (Å²) in [7, 11) is 0. The number of nitrogens with two attached hydrogens (primary N) is 1. The molecule has 3 N–H and O–H groups in total. The minimum atomic E-state index is -0.695. The number of hydrogen-bond acceptors (Lipinski definition) is 2. The molecule has 0 aromatic heterocycles. The van der Waals surface area contributed by atoms with Gasteiger partial charge < -0.3 is 10.8 Å². The van der Waals surface area contributed by atoms with E-state index in [1.165, 1.54) is 12.8 Å². The number of carbonyl (C=O) groups is 1. The van der Waals surface area contributed by atoms with Gasteiger partial charge in [0.15, 0.2) is 0 Å². The van der Waals surface area contributed by atoms with Crippen molar-refractivity contribution in [3.05, 3.63) is 0 Å². The molecule has 2 aliphatic rings. The summed E-state index contributed by atoms with van der Waals surface area (Å²) in [5.74, 6) is -0.0587. The first-order chi connectivity index (χ1) is 5.57. The summed E-state index contributed by atoms with van der Waals surface area (Å²) in [5, 5.41) is 9.04. The van der Waals surface area contributed by atoms with Crippen molar-refractivity contribution in [2.24, 2.45) is 22.5 Å². The third-order valence-electron chi connectivity index (χ3n) is 3.87. The van der Waals surface area contributed by atoms with E-state index in [2.05, 4.69) is 6.92 Å². The molecule has 0 amide bonds. The maximum Gasteiger partial charge on any atom is 0.311 e. The van der Waals surface area contributed by atoms with Crippen LogP contribution in [0.4, 0.5) is 0 Å². The quantitative estimate of drug-likeness (QED) is 0.658. The van der Waals surface area contributed by atoms with E-state index in [-0.39, 0.29) is 5.41 Å². The number of hydrogen-bond donors (Lipinski definition) is 2. The number of rotatable bonds is 3. The van der Waals surface area contributed by atoms with E-state index in [4.69, 9.17) is 10.8 Å². The first kappa shape index (κ1) is 8.05. The van der Waals surface area contributed by atoms with E-state index in [9.17, 15) is 4.79 Å². The maximum atomic E-state index is 11.0. The molecule has 0 heterocycles. The second kappa shape index (κ2) is 2.02. The predicted octanol–water partition coefficient (Wildman–Crippen LogP) is 0.836. The van der Waals surface area contributed by atoms with Crippen LogP contribution in [-0.4, -0.2) is 17.6 Å². The van der Waals surface area contributed by atoms with Crippen molar-refractivity contribution in [3.8, 4) is 0 Å². The molecule has 2 rings (SSSR count). The third-order valence-corrected chi connectivity index (χ3v) is 3.87. The molecule has 12 heavy (non-hydrogen) atoms. The average molecular weight is 169 g/mol. The van der Waals surface area contributed by atoms with Gasteiger partial charge in [0.1, 0.15) is 0 Å². The highest BCUT2D eigenvalue weighted by molar-refractivity contribution is 5.80. The molecule has 2 fully saturated rings. The highest BCUT2D eigenvalue weighted by Gasteiger charge is 2.73. The van der Waals surface area contributed by atoms with Crippen molar-refractivity contribution in [1.29, 1.82) is 0 Å². The van der Waals surface area contributed by atoms with Crippen LogP contribution in [-0.2, 0) is 4.79 Å². The smallest absolute Gasteiger partial charge is 0.311 e. The molecule has 0 bridgehead atoms. The predicted molar refractivity (Wildman–Crippen MR) is 44.6 cm³/mol. The van der Waals surface area contributed by atoms with Gasteiger partial charge in [0.25, 0.3) is 0 Å². The Hall–Kier alpha value is -0.570. The fraction of sp³-hybridized carbons (Fsp3) is 0.889. The summed E-state index contributed by atoms with van der Waals surface area (Å²) < 4.78 is 0. The summed E-state index contributed by atoms with van der Waals surface area (Å²) in [6, 6.07) is 0. The van der Waals surface area contributed by atoms with Crippen LogP contribution in [0.5, 0.6) is 0 Å². The highest BCUT2D eigenvalue weighted by atomic mass is 16.4. The van der Waals surface area contributed by atoms with Crippen LogP contribution in [0.3, 0.4) is 0 Å². The zero-order valence-corrected chi connectivity index (χ0v) is 7.34. The minimum Gasteiger partial charge on any atom is -0.481 e. The van der Waals surface area contributed by atoms with E-state index in [1.807, 2.05) is 0 Å². The van der Waals surface area contributed by atoms with Crippen LogP contribution in [0.2, 0.25) is 0 Å². The molecule has 0 aromatic rings. The van der Waals surface area contributed by atoms with Crippen LogP contribution < -0.4 is 5.73 Å². The molecule has 0 saturated heterocycles. The van der Waals surface area contributed by atoms with Gasteiger partial charge >= 0.3 is 5.97 Å². The number of carboxylic acids is 1. The normalized spacial score (nSPS) is 45.8. The minimum absolute atomic E-state index is 0.0214. The average Bonchev–Trinajstić information content (AvgIpc) is 2.77. The second-order valence-corrected chi connectivity index (χ2v) is 4.46. The van der Waals surface area contributed by atoms with Crippen LogP contribution in [0, 0.1) is 16.7 Å². The molecule has 0 aliphatic heterocycles. The first-order valence-electron chi connectivity index (χ1n) is 4.50. The monoisotopic (exact) mass is 169 g/mol. The molecule has 0 radical (unpaired) electrons. The standard InChI is InChI=1S/C9H15NO2/c1-8(6-2-3-6)4-9(8,5-10)7(11)12/h6H,2-5,10H2,1H3,(H,11,12). The van der Waals surface area contributed by atoms with Crippen LogP contribution >= 0.6 is 0 Å². The van der Waals surface area contributed by atoms with Crippen molar-refractivity contribution in [2.45, 2.75) is 26.2 Å². The van der Waals surface area contributed by atoms with E-state index < -0.39 is 11.4 Å². The zero-order valence-electron chi connectivity index (χ0n) is 7.34. The van der Waals surface area contributed by atoms with E-state index in [0.29, 0.717) is 12.5 Å². The summed E-state index contributed by atoms with van der Waals surface area (Å²) in [6.07, 6.45) is 3.19. The Morgan fingerprint density at radius 3 is 2.50 bits per heavy atom. The second-order valence-electron chi connectivity index (χ2n) is 4.46. The van der Waals surface area contributed by atoms with Crippen molar-refractivity contribution in [2.75, 3.05) is 6.54 Å². The van der Waals surface area contributed by atoms with Gasteiger partial charge in [0.2, 0.25) is 0 Å². The molecule has 0 spiro atoms. The van der Waals surface area contributed by atoms with E-state index in [0.717, 1.165) is 6.42 Å². The van der Waals surface area contributed by atoms with Crippen LogP contribution in [0.15, 0.2) is 0 Å². The molecule has 2 unspecified atom stereocenters. The Bertz CT molecular complexity index is 237. The topological polar surface area (TPSA) is 63.3 Å². The van der Waals surface area contributed by atoms with Gasteiger partial charge in [-0.15, -0.1) is 0 Å². The largest absolute Gasteiger partial charge is 0.481 e. The third kappa shape index (κ3) is 0.724. The number of aliphatic carboxylic acids is 1. The molecule has 68 valence electrons. The van der Waals surface area contributed by atoms with Crippen molar-refractivity contribution < 1.29 is 9.90 Å². The van der Waals surface area contributed by atoms with Crippen molar-refractivity contribution in [3.63, 3.8) is 0 Å². The molecule has 2 atom stereocenters. The van der Waals surface area contributed by atoms with Gasteiger partial charge in [-0.2, -0.15) is 0 Å². The summed E-state index contributed by atoms with van der Waals surface area (Å²) >= 11 is 0. The molecule has 2 aliphatic carbocycles. The molecular formula is C9H15NO2. The van der Waals surface area contributed by atoms with Gasteiger partial charge in [0, 0.05) is 6.54 Å². The lowest BCUT2D eigenvalue weighted by molar-refractivity contribution is -0.144. The molecule has 0 aromatic carbocycles. The summed E-state index contributed by atoms with van der Waals surface area (Å²) in [4.78, 5) is 11.0. The Kier molecular flexibility index (Phi) is 1.35. The van der Waals surface area contributed by atoms with Crippen LogP contribution in [0.25, 0.3) is 0 Å². The highest BCUT2D eigenvalue weighted by Crippen LogP contribution is 2.72. The zero-order chi connectivity index (χ0) is 8.98. The fourth-order valence-electron chi connectivity index (χ4n) is 2.55. The lowest BCUT2D eigenvalue weighted by atomic mass is 9.90. The number of carboxylic acid groups (broad SMARTS) is 1. The fourth-order valence-corrected chi connectivity index (χ4v) is 2.55. The molecular weight excluding hydrogens is 154 g/mol. The Balaban J connectivity index is 2.19. The maximum absolute atomic E-state index is 11.0. The lowest BCUT2D eigenvalue weighted by Gasteiger charge is -2.16. The SMILES string of the molecule is CC1(C2CC2)CC1(CN)C(=O)O. The van der Waals surface area contributed by atoms with Crippen LogP contribution in [0.1, 0.15) is 26.2 Å². The first-order valence-corrected chi connectivity index (χ1v) is 4.50. The lowest BCUT2D eigenvalue weighted by Crippen LogP contribution is -2.31. The van der Waals surface area contributed by atoms with Gasteiger partial charge in [-0.25, -0.2) is 0 Å². The Labute approximate surface area is 71.9 Å². The van der Waals surface area contributed by atoms with Crippen molar-refractivity contribution >= 4 is 5.97 Å². The van der Waals surface area contributed by atoms with Gasteiger partial charge in [-0.05, 0) is 30.6 Å². The summed E-state index contributed by atoms with van der Waals surface area (Å²) in [5.41, 5.74) is 4.98. The summed E-state index contributed by atoms with van der Waals surface area (Å²) in [6.45, 7) is 2.38. The molecule has 3 heteroatoms. The van der Waals surface area contributed by atoms with Gasteiger partial charge in [-0.3, -0.25) is 4.79 Å². The van der Waals surface area contributed by atoms with Gasteiger partial charge in [0.05, 0.1) is 5.41 Å². The van der Waals surface area contributed by atoms with E-state index in [1.54, 1.807) is 0 Å². The van der Waals surface area contributed by atoms with Crippen molar-refractivity contribution in [1.82, 2.24) is 0 Å². The van der Waals surface area contributed by atoms with Gasteiger partial charge in [-0.1, -0.05) is 6.92 Å².